The molecule has 1 saturated carbocycles. The van der Waals surface area contributed by atoms with Crippen molar-refractivity contribution in [2.75, 3.05) is 42.4 Å². The molecule has 172 valence electrons. The van der Waals surface area contributed by atoms with Gasteiger partial charge in [-0.25, -0.2) is 18.6 Å². The van der Waals surface area contributed by atoms with E-state index in [-0.39, 0.29) is 24.1 Å². The molecule has 0 bridgehead atoms. The Kier molecular flexibility index (Phi) is 6.03. The molecule has 1 aliphatic heterocycles. The molecule has 10 heteroatoms. The van der Waals surface area contributed by atoms with E-state index in [0.29, 0.717) is 22.9 Å². The van der Waals surface area contributed by atoms with Crippen LogP contribution < -0.4 is 19.9 Å². The molecule has 2 aliphatic rings. The molecule has 4 rings (SSSR count). The summed E-state index contributed by atoms with van der Waals surface area (Å²) in [6.07, 6.45) is 6.42. The van der Waals surface area contributed by atoms with Crippen LogP contribution in [0.3, 0.4) is 0 Å². The fourth-order valence-corrected chi connectivity index (χ4v) is 4.46. The monoisotopic (exact) mass is 447 g/mol. The van der Waals surface area contributed by atoms with Crippen molar-refractivity contribution in [1.82, 2.24) is 9.97 Å². The predicted octanol–water partition coefficient (Wildman–Crippen LogP) is 4.15. The van der Waals surface area contributed by atoms with Gasteiger partial charge in [0.05, 0.1) is 43.3 Å². The highest BCUT2D eigenvalue weighted by Gasteiger charge is 2.41. The summed E-state index contributed by atoms with van der Waals surface area (Å²) in [5, 5.41) is 12.2. The average molecular weight is 447 g/mol. The van der Waals surface area contributed by atoms with Crippen LogP contribution in [0.1, 0.15) is 42.5 Å². The molecule has 0 spiro atoms. The lowest BCUT2D eigenvalue weighted by atomic mass is 9.94. The number of nitrogens with zero attached hydrogens (tertiary/aromatic N) is 4. The van der Waals surface area contributed by atoms with Gasteiger partial charge in [-0.1, -0.05) is 19.3 Å². The number of benzene rings is 1. The third kappa shape index (κ3) is 4.53. The van der Waals surface area contributed by atoms with Crippen LogP contribution in [-0.4, -0.2) is 60.3 Å². The van der Waals surface area contributed by atoms with Gasteiger partial charge in [0, 0.05) is 13.1 Å². The second-order valence-corrected chi connectivity index (χ2v) is 8.38. The summed E-state index contributed by atoms with van der Waals surface area (Å²) in [4.78, 5) is 23.4. The number of anilines is 4. The summed E-state index contributed by atoms with van der Waals surface area (Å²) in [6, 6.07) is 4.42. The number of rotatable bonds is 5. The molecule has 1 aliphatic carbocycles. The topological polar surface area (TPSA) is 90.8 Å². The maximum Gasteiger partial charge on any atom is 0.335 e. The lowest BCUT2D eigenvalue weighted by molar-refractivity contribution is 0.0169. The first-order valence-corrected chi connectivity index (χ1v) is 10.7. The smallest absolute Gasteiger partial charge is 0.335 e. The maximum absolute atomic E-state index is 14.7. The van der Waals surface area contributed by atoms with Crippen molar-refractivity contribution in [2.24, 2.45) is 0 Å². The Morgan fingerprint density at radius 2 is 2.00 bits per heavy atom. The van der Waals surface area contributed by atoms with Crippen LogP contribution in [0, 0.1) is 0 Å². The van der Waals surface area contributed by atoms with Crippen LogP contribution >= 0.6 is 0 Å². The van der Waals surface area contributed by atoms with E-state index >= 15 is 0 Å². The van der Waals surface area contributed by atoms with E-state index in [1.54, 1.807) is 24.2 Å². The minimum absolute atomic E-state index is 0.00649. The van der Waals surface area contributed by atoms with E-state index in [9.17, 15) is 18.7 Å². The van der Waals surface area contributed by atoms with E-state index in [1.807, 2.05) is 0 Å². The molecule has 2 aromatic rings. The molecular weight excluding hydrogens is 420 g/mol. The van der Waals surface area contributed by atoms with Gasteiger partial charge in [0.25, 0.3) is 5.92 Å². The third-order valence-electron chi connectivity index (χ3n) is 6.01. The molecule has 2 heterocycles. The Bertz CT molecular complexity index is 998. The lowest BCUT2D eigenvalue weighted by Crippen LogP contribution is -2.46. The van der Waals surface area contributed by atoms with E-state index in [0.717, 1.165) is 32.1 Å². The summed E-state index contributed by atoms with van der Waals surface area (Å²) in [5.74, 6) is -2.92. The highest BCUT2D eigenvalue weighted by Crippen LogP contribution is 2.39. The highest BCUT2D eigenvalue weighted by molar-refractivity contribution is 5.89. The lowest BCUT2D eigenvalue weighted by Gasteiger charge is -2.36. The van der Waals surface area contributed by atoms with Crippen LogP contribution in [0.15, 0.2) is 24.4 Å². The zero-order valence-corrected chi connectivity index (χ0v) is 18.1. The number of aromatic carboxylic acids is 1. The molecular formula is C22H27F2N5O3. The molecule has 32 heavy (non-hydrogen) atoms. The minimum Gasteiger partial charge on any atom is -0.495 e. The number of fused-ring (bicyclic) bond motifs is 1. The Morgan fingerprint density at radius 3 is 2.69 bits per heavy atom. The highest BCUT2D eigenvalue weighted by atomic mass is 19.3. The van der Waals surface area contributed by atoms with Crippen LogP contribution in [0.2, 0.25) is 0 Å². The number of methoxy groups -OCH3 is 1. The van der Waals surface area contributed by atoms with Gasteiger partial charge in [0.2, 0.25) is 5.95 Å². The van der Waals surface area contributed by atoms with E-state index in [1.165, 1.54) is 24.1 Å². The van der Waals surface area contributed by atoms with Crippen LogP contribution in [0.5, 0.6) is 5.75 Å². The molecule has 0 saturated heterocycles. The Balaban J connectivity index is 1.70. The number of ether oxygens (including phenoxy) is 1. The molecule has 0 radical (unpaired) electrons. The fourth-order valence-electron chi connectivity index (χ4n) is 4.46. The van der Waals surface area contributed by atoms with Crippen molar-refractivity contribution in [3.05, 3.63) is 30.0 Å². The van der Waals surface area contributed by atoms with Gasteiger partial charge in [-0.15, -0.1) is 0 Å². The number of aromatic nitrogens is 2. The third-order valence-corrected chi connectivity index (χ3v) is 6.01. The molecule has 0 unspecified atom stereocenters. The second-order valence-electron chi connectivity index (χ2n) is 8.38. The van der Waals surface area contributed by atoms with Crippen molar-refractivity contribution < 1.29 is 23.4 Å². The first kappa shape index (κ1) is 22.0. The number of halogens is 2. The first-order chi connectivity index (χ1) is 15.3. The van der Waals surface area contributed by atoms with Crippen LogP contribution in [0.25, 0.3) is 0 Å². The normalized spacial score (nSPS) is 18.6. The number of carboxylic acid groups (broad SMARTS) is 1. The molecule has 8 nitrogen and oxygen atoms in total. The standard InChI is InChI=1S/C22H27F2N5O3/c1-28-12-22(23,24)13-29(15-6-4-3-5-7-15)19-17(28)11-25-21(27-19)26-16-9-8-14(20(30)31)10-18(16)32-2/h8-11,15H,3-7,12-13H2,1-2H3,(H,30,31)(H,25,26,27). The number of alkyl halides is 2. The van der Waals surface area contributed by atoms with Crippen molar-refractivity contribution in [3.8, 4) is 5.75 Å². The number of carbonyl (C=O) groups is 1. The van der Waals surface area contributed by atoms with Gasteiger partial charge in [0.1, 0.15) is 5.75 Å². The average Bonchev–Trinajstić information content (AvgIpc) is 2.87. The number of hydrogen-bond acceptors (Lipinski definition) is 7. The molecule has 1 aromatic carbocycles. The summed E-state index contributed by atoms with van der Waals surface area (Å²) < 4.78 is 34.7. The Morgan fingerprint density at radius 1 is 1.25 bits per heavy atom. The fraction of sp³-hybridized carbons (Fsp3) is 0.500. The van der Waals surface area contributed by atoms with Gasteiger partial charge in [-0.3, -0.25) is 0 Å². The molecule has 1 fully saturated rings. The molecule has 0 atom stereocenters. The van der Waals surface area contributed by atoms with Gasteiger partial charge >= 0.3 is 5.97 Å². The van der Waals surface area contributed by atoms with E-state index < -0.39 is 18.4 Å². The second kappa shape index (κ2) is 8.76. The quantitative estimate of drug-likeness (QED) is 0.707. The van der Waals surface area contributed by atoms with Gasteiger partial charge < -0.3 is 25.0 Å². The van der Waals surface area contributed by atoms with Crippen LogP contribution in [-0.2, 0) is 0 Å². The summed E-state index contributed by atoms with van der Waals surface area (Å²) in [5.41, 5.74) is 1.13. The summed E-state index contributed by atoms with van der Waals surface area (Å²) in [6.45, 7) is -0.786. The number of hydrogen-bond donors (Lipinski definition) is 2. The maximum atomic E-state index is 14.7. The van der Waals surface area contributed by atoms with Gasteiger partial charge in [0.15, 0.2) is 5.82 Å². The van der Waals surface area contributed by atoms with E-state index in [2.05, 4.69) is 15.3 Å². The van der Waals surface area contributed by atoms with Crippen molar-refractivity contribution in [3.63, 3.8) is 0 Å². The van der Waals surface area contributed by atoms with Crippen molar-refractivity contribution in [1.29, 1.82) is 0 Å². The largest absolute Gasteiger partial charge is 0.495 e. The van der Waals surface area contributed by atoms with Crippen molar-refractivity contribution in [2.45, 2.75) is 44.1 Å². The minimum atomic E-state index is -2.88. The SMILES string of the molecule is COc1cc(C(=O)O)ccc1Nc1ncc2c(n1)N(C1CCCCC1)CC(F)(F)CN2C. The van der Waals surface area contributed by atoms with Gasteiger partial charge in [-0.2, -0.15) is 4.98 Å². The van der Waals surface area contributed by atoms with Crippen LogP contribution in [0.4, 0.5) is 31.9 Å². The number of carboxylic acids is 1. The van der Waals surface area contributed by atoms with Crippen molar-refractivity contribution >= 4 is 29.1 Å². The zero-order valence-electron chi connectivity index (χ0n) is 18.1. The zero-order chi connectivity index (χ0) is 22.9. The Labute approximate surface area is 185 Å². The summed E-state index contributed by atoms with van der Waals surface area (Å²) >= 11 is 0. The predicted molar refractivity (Wildman–Crippen MR) is 118 cm³/mol. The molecule has 1 aromatic heterocycles. The first-order valence-electron chi connectivity index (χ1n) is 10.7. The summed E-state index contributed by atoms with van der Waals surface area (Å²) in [7, 11) is 3.06. The molecule has 0 amide bonds. The van der Waals surface area contributed by atoms with Gasteiger partial charge in [-0.05, 0) is 31.0 Å². The Hall–Kier alpha value is -3.17. The molecule has 2 N–H and O–H groups in total. The van der Waals surface area contributed by atoms with E-state index in [4.69, 9.17) is 4.74 Å². The number of nitrogens with one attached hydrogen (secondary N) is 1.